The summed E-state index contributed by atoms with van der Waals surface area (Å²) in [7, 11) is 0. The summed E-state index contributed by atoms with van der Waals surface area (Å²) in [5, 5.41) is 12.7. The van der Waals surface area contributed by atoms with Crippen molar-refractivity contribution in [3.63, 3.8) is 0 Å². The van der Waals surface area contributed by atoms with Crippen LogP contribution in [0, 0.1) is 17.2 Å². The Morgan fingerprint density at radius 3 is 2.58 bits per heavy atom. The lowest BCUT2D eigenvalue weighted by atomic mass is 9.93. The van der Waals surface area contributed by atoms with Gasteiger partial charge in [-0.15, -0.1) is 0 Å². The fourth-order valence-corrected chi connectivity index (χ4v) is 3.03. The zero-order valence-electron chi connectivity index (χ0n) is 11.9. The van der Waals surface area contributed by atoms with Crippen molar-refractivity contribution in [1.29, 1.82) is 5.26 Å². The van der Waals surface area contributed by atoms with Gasteiger partial charge in [-0.05, 0) is 37.3 Å². The smallest absolute Gasteiger partial charge is 0.0995 e. The maximum Gasteiger partial charge on any atom is 0.0995 e. The molecule has 0 heterocycles. The van der Waals surface area contributed by atoms with Crippen LogP contribution in [0.25, 0.3) is 0 Å². The SMILES string of the molecule is C[C@@H](NCc1ccccc1C#N)C1CCCCCC1. The maximum atomic E-state index is 9.09. The summed E-state index contributed by atoms with van der Waals surface area (Å²) in [5.74, 6) is 0.803. The molecule has 0 spiro atoms. The quantitative estimate of drug-likeness (QED) is 0.826. The summed E-state index contributed by atoms with van der Waals surface area (Å²) in [4.78, 5) is 0. The molecule has 1 fully saturated rings. The molecule has 2 rings (SSSR count). The first-order valence-corrected chi connectivity index (χ1v) is 7.52. The van der Waals surface area contributed by atoms with E-state index in [-0.39, 0.29) is 0 Å². The summed E-state index contributed by atoms with van der Waals surface area (Å²) in [6, 6.07) is 10.7. The van der Waals surface area contributed by atoms with Gasteiger partial charge in [0.2, 0.25) is 0 Å². The van der Waals surface area contributed by atoms with E-state index in [0.29, 0.717) is 6.04 Å². The molecule has 2 heteroatoms. The third kappa shape index (κ3) is 4.08. The van der Waals surface area contributed by atoms with E-state index >= 15 is 0 Å². The minimum absolute atomic E-state index is 0.546. The van der Waals surface area contributed by atoms with Crippen LogP contribution in [-0.4, -0.2) is 6.04 Å². The Balaban J connectivity index is 1.89. The number of nitrogens with one attached hydrogen (secondary N) is 1. The molecule has 0 radical (unpaired) electrons. The van der Waals surface area contributed by atoms with Crippen LogP contribution in [0.4, 0.5) is 0 Å². The molecule has 0 aliphatic heterocycles. The Morgan fingerprint density at radius 1 is 1.21 bits per heavy atom. The number of hydrogen-bond donors (Lipinski definition) is 1. The third-order valence-corrected chi connectivity index (χ3v) is 4.36. The van der Waals surface area contributed by atoms with Crippen LogP contribution in [-0.2, 0) is 6.54 Å². The fraction of sp³-hybridized carbons (Fsp3) is 0.588. The second-order valence-corrected chi connectivity index (χ2v) is 5.69. The number of hydrogen-bond acceptors (Lipinski definition) is 2. The molecule has 1 aliphatic rings. The Kier molecular flexibility index (Phi) is 5.42. The third-order valence-electron chi connectivity index (χ3n) is 4.36. The zero-order chi connectivity index (χ0) is 13.5. The number of benzene rings is 1. The summed E-state index contributed by atoms with van der Waals surface area (Å²) < 4.78 is 0. The maximum absolute atomic E-state index is 9.09. The molecule has 0 amide bonds. The van der Waals surface area contributed by atoms with Crippen molar-refractivity contribution >= 4 is 0 Å². The van der Waals surface area contributed by atoms with E-state index in [1.807, 2.05) is 24.3 Å². The summed E-state index contributed by atoms with van der Waals surface area (Å²) in [6.07, 6.45) is 8.28. The van der Waals surface area contributed by atoms with Crippen LogP contribution < -0.4 is 5.32 Å². The van der Waals surface area contributed by atoms with Gasteiger partial charge < -0.3 is 5.32 Å². The topological polar surface area (TPSA) is 35.8 Å². The minimum Gasteiger partial charge on any atom is -0.310 e. The molecule has 0 saturated heterocycles. The molecule has 1 aromatic carbocycles. The molecule has 1 saturated carbocycles. The molecule has 19 heavy (non-hydrogen) atoms. The van der Waals surface area contributed by atoms with Gasteiger partial charge in [0, 0.05) is 12.6 Å². The monoisotopic (exact) mass is 256 g/mol. The first-order valence-electron chi connectivity index (χ1n) is 7.52. The van der Waals surface area contributed by atoms with Gasteiger partial charge in [-0.1, -0.05) is 43.9 Å². The zero-order valence-corrected chi connectivity index (χ0v) is 11.9. The Morgan fingerprint density at radius 2 is 1.89 bits per heavy atom. The highest BCUT2D eigenvalue weighted by Crippen LogP contribution is 2.25. The average Bonchev–Trinajstić information content (AvgIpc) is 2.74. The van der Waals surface area contributed by atoms with E-state index in [9.17, 15) is 0 Å². The van der Waals surface area contributed by atoms with E-state index in [1.165, 1.54) is 38.5 Å². The Hall–Kier alpha value is -1.33. The van der Waals surface area contributed by atoms with Crippen LogP contribution in [0.5, 0.6) is 0 Å². The van der Waals surface area contributed by atoms with Crippen molar-refractivity contribution in [2.24, 2.45) is 5.92 Å². The second-order valence-electron chi connectivity index (χ2n) is 5.69. The van der Waals surface area contributed by atoms with Crippen molar-refractivity contribution < 1.29 is 0 Å². The van der Waals surface area contributed by atoms with Gasteiger partial charge in [0.1, 0.15) is 0 Å². The first-order chi connectivity index (χ1) is 9.31. The van der Waals surface area contributed by atoms with Crippen molar-refractivity contribution in [2.45, 2.75) is 58.0 Å². The Labute approximate surface area is 116 Å². The van der Waals surface area contributed by atoms with Crippen LogP contribution in [0.1, 0.15) is 56.6 Å². The van der Waals surface area contributed by atoms with Crippen LogP contribution in [0.2, 0.25) is 0 Å². The highest BCUT2D eigenvalue weighted by atomic mass is 14.9. The molecular weight excluding hydrogens is 232 g/mol. The molecular formula is C17H24N2. The molecule has 1 aromatic rings. The molecule has 0 aromatic heterocycles. The lowest BCUT2D eigenvalue weighted by Gasteiger charge is -2.24. The molecule has 1 atom stereocenters. The number of nitrogens with zero attached hydrogens (tertiary/aromatic N) is 1. The van der Waals surface area contributed by atoms with E-state index in [2.05, 4.69) is 18.3 Å². The van der Waals surface area contributed by atoms with Crippen molar-refractivity contribution in [1.82, 2.24) is 5.32 Å². The lowest BCUT2D eigenvalue weighted by molar-refractivity contribution is 0.336. The predicted octanol–water partition coefficient (Wildman–Crippen LogP) is 4.01. The highest BCUT2D eigenvalue weighted by Gasteiger charge is 2.18. The predicted molar refractivity (Wildman–Crippen MR) is 78.7 cm³/mol. The lowest BCUT2D eigenvalue weighted by Crippen LogP contribution is -2.33. The van der Waals surface area contributed by atoms with Gasteiger partial charge in [-0.3, -0.25) is 0 Å². The largest absolute Gasteiger partial charge is 0.310 e. The molecule has 0 unspecified atom stereocenters. The molecule has 102 valence electrons. The molecule has 0 bridgehead atoms. The number of nitriles is 1. The van der Waals surface area contributed by atoms with E-state index in [0.717, 1.165) is 23.6 Å². The van der Waals surface area contributed by atoms with E-state index in [1.54, 1.807) is 0 Å². The van der Waals surface area contributed by atoms with Gasteiger partial charge in [0.15, 0.2) is 0 Å². The average molecular weight is 256 g/mol. The van der Waals surface area contributed by atoms with Crippen molar-refractivity contribution in [3.8, 4) is 6.07 Å². The summed E-state index contributed by atoms with van der Waals surface area (Å²) in [5.41, 5.74) is 1.91. The second kappa shape index (κ2) is 7.31. The fourth-order valence-electron chi connectivity index (χ4n) is 3.03. The first kappa shape index (κ1) is 14.1. The van der Waals surface area contributed by atoms with Crippen LogP contribution in [0.15, 0.2) is 24.3 Å². The molecule has 1 aliphatic carbocycles. The Bertz CT molecular complexity index is 425. The van der Waals surface area contributed by atoms with Crippen LogP contribution in [0.3, 0.4) is 0 Å². The normalized spacial score (nSPS) is 18.5. The van der Waals surface area contributed by atoms with E-state index < -0.39 is 0 Å². The summed E-state index contributed by atoms with van der Waals surface area (Å²) in [6.45, 7) is 3.10. The van der Waals surface area contributed by atoms with Crippen molar-refractivity contribution in [3.05, 3.63) is 35.4 Å². The standard InChI is InChI=1S/C17H24N2/c1-14(15-8-4-2-3-5-9-15)19-13-17-11-7-6-10-16(17)12-18/h6-7,10-11,14-15,19H,2-5,8-9,13H2,1H3/t14-/m1/s1. The number of rotatable bonds is 4. The van der Waals surface area contributed by atoms with Crippen molar-refractivity contribution in [2.75, 3.05) is 0 Å². The molecule has 2 nitrogen and oxygen atoms in total. The minimum atomic E-state index is 0.546. The van der Waals surface area contributed by atoms with Gasteiger partial charge in [0.25, 0.3) is 0 Å². The van der Waals surface area contributed by atoms with Crippen LogP contribution >= 0.6 is 0 Å². The molecule has 1 N–H and O–H groups in total. The van der Waals surface area contributed by atoms with Gasteiger partial charge in [-0.25, -0.2) is 0 Å². The highest BCUT2D eigenvalue weighted by molar-refractivity contribution is 5.37. The van der Waals surface area contributed by atoms with Gasteiger partial charge in [0.05, 0.1) is 11.6 Å². The van der Waals surface area contributed by atoms with Gasteiger partial charge >= 0.3 is 0 Å². The van der Waals surface area contributed by atoms with Gasteiger partial charge in [-0.2, -0.15) is 5.26 Å². The summed E-state index contributed by atoms with van der Waals surface area (Å²) >= 11 is 0. The van der Waals surface area contributed by atoms with E-state index in [4.69, 9.17) is 5.26 Å².